The number of ether oxygens (including phenoxy) is 2. The Kier molecular flexibility index (Phi) is 8.92. The molecule has 0 aromatic heterocycles. The van der Waals surface area contributed by atoms with Gasteiger partial charge in [-0.05, 0) is 46.0 Å². The number of guanidine groups is 1. The molecule has 1 amide bonds. The molecule has 26 heavy (non-hydrogen) atoms. The Hall–Kier alpha value is -0.770. The van der Waals surface area contributed by atoms with Gasteiger partial charge in [0.25, 0.3) is 0 Å². The first-order valence-electron chi connectivity index (χ1n) is 9.24. The van der Waals surface area contributed by atoms with Gasteiger partial charge < -0.3 is 25.0 Å². The lowest BCUT2D eigenvalue weighted by Gasteiger charge is -2.27. The van der Waals surface area contributed by atoms with E-state index in [9.17, 15) is 4.79 Å². The zero-order valence-corrected chi connectivity index (χ0v) is 19.2. The van der Waals surface area contributed by atoms with Crippen molar-refractivity contribution in [3.63, 3.8) is 0 Å². The second-order valence-electron chi connectivity index (χ2n) is 8.28. The third-order valence-corrected chi connectivity index (χ3v) is 4.56. The van der Waals surface area contributed by atoms with Gasteiger partial charge in [0.1, 0.15) is 5.60 Å². The fourth-order valence-electron chi connectivity index (χ4n) is 3.38. The summed E-state index contributed by atoms with van der Waals surface area (Å²) in [7, 11) is 3.55. The van der Waals surface area contributed by atoms with Gasteiger partial charge in [-0.15, -0.1) is 24.0 Å². The van der Waals surface area contributed by atoms with Crippen molar-refractivity contribution in [2.24, 2.45) is 10.9 Å². The number of nitrogens with one attached hydrogen (secondary N) is 2. The van der Waals surface area contributed by atoms with Crippen molar-refractivity contribution in [2.45, 2.75) is 70.8 Å². The van der Waals surface area contributed by atoms with Crippen molar-refractivity contribution in [3.05, 3.63) is 0 Å². The predicted molar refractivity (Wildman–Crippen MR) is 114 cm³/mol. The molecule has 2 N–H and O–H groups in total. The Bertz CT molecular complexity index is 495. The maximum absolute atomic E-state index is 12.0. The topological polar surface area (TPSA) is 75.2 Å². The molecule has 4 unspecified atom stereocenters. The summed E-state index contributed by atoms with van der Waals surface area (Å²) in [5, 5.41) is 6.82. The summed E-state index contributed by atoms with van der Waals surface area (Å²) in [6.07, 6.45) is 3.82. The van der Waals surface area contributed by atoms with E-state index in [1.807, 2.05) is 20.8 Å². The van der Waals surface area contributed by atoms with E-state index in [-0.39, 0.29) is 36.0 Å². The van der Waals surface area contributed by atoms with Crippen LogP contribution in [0.4, 0.5) is 4.79 Å². The summed E-state index contributed by atoms with van der Waals surface area (Å²) in [4.78, 5) is 18.0. The van der Waals surface area contributed by atoms with Crippen LogP contribution in [-0.4, -0.2) is 68.0 Å². The fourth-order valence-corrected chi connectivity index (χ4v) is 3.38. The minimum Gasteiger partial charge on any atom is -0.444 e. The van der Waals surface area contributed by atoms with E-state index in [4.69, 9.17) is 9.47 Å². The lowest BCUT2D eigenvalue weighted by molar-refractivity contribution is 0.0278. The average Bonchev–Trinajstić information content (AvgIpc) is 3.12. The number of hydrogen-bond acceptors (Lipinski definition) is 4. The van der Waals surface area contributed by atoms with E-state index in [2.05, 4.69) is 22.5 Å². The van der Waals surface area contributed by atoms with E-state index in [0.717, 1.165) is 25.3 Å². The number of halogens is 1. The Morgan fingerprint density at radius 2 is 2.08 bits per heavy atom. The molecule has 0 aromatic rings. The summed E-state index contributed by atoms with van der Waals surface area (Å²) < 4.78 is 11.3. The summed E-state index contributed by atoms with van der Waals surface area (Å²) in [5.74, 6) is 1.07. The number of amides is 1. The SMILES string of the molecule is CN=C(NCC(C)CN(C)C(=O)OC(C)(C)C)NC1CC2CCC1O2.I. The number of rotatable bonds is 5. The lowest BCUT2D eigenvalue weighted by atomic mass is 9.96. The predicted octanol–water partition coefficient (Wildman–Crippen LogP) is 2.59. The van der Waals surface area contributed by atoms with Crippen molar-refractivity contribution in [2.75, 3.05) is 27.2 Å². The number of hydrogen-bond donors (Lipinski definition) is 2. The molecule has 2 rings (SSSR count). The van der Waals surface area contributed by atoms with Crippen LogP contribution in [0.25, 0.3) is 0 Å². The summed E-state index contributed by atoms with van der Waals surface area (Å²) >= 11 is 0. The highest BCUT2D eigenvalue weighted by Gasteiger charge is 2.41. The third kappa shape index (κ3) is 7.09. The van der Waals surface area contributed by atoms with Gasteiger partial charge in [-0.1, -0.05) is 6.92 Å². The number of carbonyl (C=O) groups excluding carboxylic acids is 1. The molecule has 2 aliphatic heterocycles. The van der Waals surface area contributed by atoms with Crippen LogP contribution in [0.3, 0.4) is 0 Å². The van der Waals surface area contributed by atoms with Gasteiger partial charge in [-0.3, -0.25) is 4.99 Å². The van der Waals surface area contributed by atoms with Crippen LogP contribution in [0.1, 0.15) is 47.0 Å². The monoisotopic (exact) mass is 482 g/mol. The molecule has 0 aromatic carbocycles. The van der Waals surface area contributed by atoms with E-state index < -0.39 is 5.60 Å². The van der Waals surface area contributed by atoms with Crippen LogP contribution in [0.5, 0.6) is 0 Å². The quantitative estimate of drug-likeness (QED) is 0.358. The van der Waals surface area contributed by atoms with E-state index in [0.29, 0.717) is 24.8 Å². The minimum atomic E-state index is -0.471. The number of carbonyl (C=O) groups is 1. The van der Waals surface area contributed by atoms with Crippen molar-refractivity contribution < 1.29 is 14.3 Å². The van der Waals surface area contributed by atoms with Crippen LogP contribution in [0.2, 0.25) is 0 Å². The van der Waals surface area contributed by atoms with Crippen LogP contribution in [0.15, 0.2) is 4.99 Å². The maximum atomic E-state index is 12.0. The highest BCUT2D eigenvalue weighted by atomic mass is 127. The van der Waals surface area contributed by atoms with Gasteiger partial charge in [-0.25, -0.2) is 4.79 Å². The van der Waals surface area contributed by atoms with Crippen LogP contribution < -0.4 is 10.6 Å². The van der Waals surface area contributed by atoms with Gasteiger partial charge >= 0.3 is 6.09 Å². The molecule has 2 aliphatic rings. The van der Waals surface area contributed by atoms with Gasteiger partial charge in [0, 0.05) is 27.2 Å². The summed E-state index contributed by atoms with van der Waals surface area (Å²) in [5.41, 5.74) is -0.471. The molecule has 0 spiro atoms. The van der Waals surface area contributed by atoms with E-state index in [1.165, 1.54) is 6.42 Å². The second kappa shape index (κ2) is 9.96. The molecule has 0 aliphatic carbocycles. The highest BCUT2D eigenvalue weighted by Crippen LogP contribution is 2.34. The molecule has 2 heterocycles. The first-order chi connectivity index (χ1) is 11.7. The second-order valence-corrected chi connectivity index (χ2v) is 8.28. The lowest BCUT2D eigenvalue weighted by Crippen LogP contribution is -2.49. The molecular weight excluding hydrogens is 447 g/mol. The Labute approximate surface area is 174 Å². The third-order valence-electron chi connectivity index (χ3n) is 4.56. The molecule has 7 nitrogen and oxygen atoms in total. The highest BCUT2D eigenvalue weighted by molar-refractivity contribution is 14.0. The standard InChI is InChI=1S/C18H34N4O3.HI/c1-12(11-22(6)17(23)25-18(2,3)4)10-20-16(19-5)21-14-9-13-7-8-15(14)24-13;/h12-15H,7-11H2,1-6H3,(H2,19,20,21);1H. The Morgan fingerprint density at radius 1 is 1.38 bits per heavy atom. The molecular formula is C18H35IN4O3. The smallest absolute Gasteiger partial charge is 0.410 e. The van der Waals surface area contributed by atoms with Gasteiger partial charge in [0.2, 0.25) is 0 Å². The van der Waals surface area contributed by atoms with E-state index in [1.54, 1.807) is 19.0 Å². The summed E-state index contributed by atoms with van der Waals surface area (Å²) in [6, 6.07) is 0.352. The first-order valence-corrected chi connectivity index (χ1v) is 9.24. The van der Waals surface area contributed by atoms with Crippen molar-refractivity contribution in [1.29, 1.82) is 0 Å². The first kappa shape index (κ1) is 23.3. The molecule has 0 saturated carbocycles. The number of fused-ring (bicyclic) bond motifs is 2. The maximum Gasteiger partial charge on any atom is 0.410 e. The van der Waals surface area contributed by atoms with Crippen LogP contribution >= 0.6 is 24.0 Å². The molecule has 4 atom stereocenters. The molecule has 2 bridgehead atoms. The van der Waals surface area contributed by atoms with Gasteiger partial charge in [0.05, 0.1) is 18.2 Å². The number of aliphatic imine (C=N–C) groups is 1. The minimum absolute atomic E-state index is 0. The van der Waals surface area contributed by atoms with Crippen LogP contribution in [0, 0.1) is 5.92 Å². The molecule has 2 saturated heterocycles. The van der Waals surface area contributed by atoms with Crippen molar-refractivity contribution in [1.82, 2.24) is 15.5 Å². The normalized spacial score (nSPS) is 26.1. The summed E-state index contributed by atoms with van der Waals surface area (Å²) in [6.45, 7) is 9.07. The van der Waals surface area contributed by atoms with E-state index >= 15 is 0 Å². The average molecular weight is 482 g/mol. The van der Waals surface area contributed by atoms with Gasteiger partial charge in [-0.2, -0.15) is 0 Å². The zero-order valence-electron chi connectivity index (χ0n) is 16.9. The van der Waals surface area contributed by atoms with Gasteiger partial charge in [0.15, 0.2) is 5.96 Å². The molecule has 2 fully saturated rings. The van der Waals surface area contributed by atoms with Crippen molar-refractivity contribution >= 4 is 36.0 Å². The Balaban J connectivity index is 0.00000338. The van der Waals surface area contributed by atoms with Crippen LogP contribution in [-0.2, 0) is 9.47 Å². The molecule has 152 valence electrons. The number of nitrogens with zero attached hydrogens (tertiary/aromatic N) is 2. The molecule has 0 radical (unpaired) electrons. The Morgan fingerprint density at radius 3 is 2.58 bits per heavy atom. The largest absolute Gasteiger partial charge is 0.444 e. The zero-order chi connectivity index (χ0) is 18.6. The van der Waals surface area contributed by atoms with Crippen molar-refractivity contribution in [3.8, 4) is 0 Å². The fraction of sp³-hybridized carbons (Fsp3) is 0.889. The molecule has 8 heteroatoms.